The third-order valence-corrected chi connectivity index (χ3v) is 1.76. The van der Waals surface area contributed by atoms with Crippen LogP contribution in [-0.2, 0) is 0 Å². The monoisotopic (exact) mass is 204 g/mol. The van der Waals surface area contributed by atoms with Crippen LogP contribution in [0, 0.1) is 0 Å². The van der Waals surface area contributed by atoms with Crippen LogP contribution in [0.15, 0.2) is 12.3 Å². The second-order valence-electron chi connectivity index (χ2n) is 2.93. The lowest BCUT2D eigenvalue weighted by molar-refractivity contribution is 0.101. The van der Waals surface area contributed by atoms with E-state index < -0.39 is 0 Å². The van der Waals surface area contributed by atoms with Gasteiger partial charge >= 0.3 is 0 Å². The minimum Gasteiger partial charge on any atom is -0.382 e. The molecule has 2 rings (SSSR count). The second kappa shape index (κ2) is 3.45. The van der Waals surface area contributed by atoms with Crippen molar-refractivity contribution in [2.24, 2.45) is 0 Å². The molecule has 2 aromatic rings. The Hall–Kier alpha value is -2.31. The quantitative estimate of drug-likeness (QED) is 0.668. The summed E-state index contributed by atoms with van der Waals surface area (Å²) in [6, 6.07) is 1.55. The van der Waals surface area contributed by atoms with E-state index in [0.717, 1.165) is 0 Å². The number of aromatic nitrogens is 5. The Labute approximate surface area is 84.7 Å². The number of Topliss-reactive ketones (excluding diaryl/α,β-unsaturated/α-hetero) is 1. The van der Waals surface area contributed by atoms with Crippen LogP contribution in [0.2, 0.25) is 0 Å². The van der Waals surface area contributed by atoms with Gasteiger partial charge in [-0.15, -0.1) is 5.10 Å². The highest BCUT2D eigenvalue weighted by Crippen LogP contribution is 2.12. The molecule has 7 heteroatoms. The smallest absolute Gasteiger partial charge is 0.204 e. The lowest BCUT2D eigenvalue weighted by atomic mass is 10.3. The Morgan fingerprint density at radius 2 is 2.33 bits per heavy atom. The molecule has 0 aliphatic rings. The summed E-state index contributed by atoms with van der Waals surface area (Å²) in [5.41, 5.74) is 6.29. The van der Waals surface area contributed by atoms with Crippen molar-refractivity contribution in [2.75, 3.05) is 5.73 Å². The number of nitrogen functional groups attached to an aromatic ring is 1. The van der Waals surface area contributed by atoms with Gasteiger partial charge in [-0.25, -0.2) is 4.98 Å². The number of carbonyl (C=O) groups is 1. The van der Waals surface area contributed by atoms with Crippen LogP contribution in [0.5, 0.6) is 0 Å². The molecule has 0 aliphatic heterocycles. The predicted molar refractivity (Wildman–Crippen MR) is 51.8 cm³/mol. The van der Waals surface area contributed by atoms with E-state index in [-0.39, 0.29) is 11.6 Å². The summed E-state index contributed by atoms with van der Waals surface area (Å²) >= 11 is 0. The highest BCUT2D eigenvalue weighted by Gasteiger charge is 2.09. The molecule has 76 valence electrons. The van der Waals surface area contributed by atoms with Gasteiger partial charge in [-0.3, -0.25) is 9.89 Å². The average Bonchev–Trinajstić information content (AvgIpc) is 2.66. The number of H-pyrrole nitrogens is 1. The molecule has 0 atom stereocenters. The summed E-state index contributed by atoms with van der Waals surface area (Å²) in [6.45, 7) is 1.44. The van der Waals surface area contributed by atoms with E-state index in [0.29, 0.717) is 17.2 Å². The van der Waals surface area contributed by atoms with Crippen LogP contribution >= 0.6 is 0 Å². The summed E-state index contributed by atoms with van der Waals surface area (Å²) in [5.74, 6) is 0.441. The molecule has 0 amide bonds. The summed E-state index contributed by atoms with van der Waals surface area (Å²) < 4.78 is 0. The molecule has 3 N–H and O–H groups in total. The van der Waals surface area contributed by atoms with Crippen molar-refractivity contribution in [2.45, 2.75) is 6.92 Å². The summed E-state index contributed by atoms with van der Waals surface area (Å²) in [5, 5.41) is 13.8. The molecule has 0 radical (unpaired) electrons. The number of nitrogens with two attached hydrogens (primary N) is 1. The molecule has 0 saturated heterocycles. The highest BCUT2D eigenvalue weighted by atomic mass is 16.1. The average molecular weight is 204 g/mol. The minimum atomic E-state index is -0.106. The Morgan fingerprint density at radius 3 is 2.93 bits per heavy atom. The van der Waals surface area contributed by atoms with Crippen LogP contribution in [0.25, 0.3) is 11.5 Å². The molecule has 7 nitrogen and oxygen atoms in total. The molecule has 0 fully saturated rings. The van der Waals surface area contributed by atoms with Crippen LogP contribution in [0.3, 0.4) is 0 Å². The first-order valence-corrected chi connectivity index (χ1v) is 4.19. The maximum Gasteiger partial charge on any atom is 0.204 e. The molecule has 15 heavy (non-hydrogen) atoms. The van der Waals surface area contributed by atoms with Crippen LogP contribution in [-0.4, -0.2) is 31.2 Å². The maximum atomic E-state index is 11.0. The van der Waals surface area contributed by atoms with Crippen molar-refractivity contribution in [3.8, 4) is 11.5 Å². The Bertz CT molecular complexity index is 505. The van der Waals surface area contributed by atoms with Gasteiger partial charge in [-0.05, 0) is 6.07 Å². The highest BCUT2D eigenvalue weighted by molar-refractivity contribution is 5.92. The number of nitrogens with one attached hydrogen (secondary N) is 1. The number of nitrogens with zero attached hydrogens (tertiary/aromatic N) is 4. The van der Waals surface area contributed by atoms with E-state index in [9.17, 15) is 4.79 Å². The molecule has 2 heterocycles. The summed E-state index contributed by atoms with van der Waals surface area (Å²) in [4.78, 5) is 14.9. The fourth-order valence-corrected chi connectivity index (χ4v) is 1.04. The number of hydrogen-bond donors (Lipinski definition) is 2. The first kappa shape index (κ1) is 9.25. The van der Waals surface area contributed by atoms with Crippen molar-refractivity contribution in [3.63, 3.8) is 0 Å². The SMILES string of the molecule is CC(=O)c1cc(-c2nncc(N)n2)n[nH]1. The number of rotatable bonds is 2. The molecular formula is C8H8N6O. The van der Waals surface area contributed by atoms with Gasteiger partial charge in [0.15, 0.2) is 5.78 Å². The van der Waals surface area contributed by atoms with E-state index >= 15 is 0 Å². The zero-order chi connectivity index (χ0) is 10.8. The zero-order valence-electron chi connectivity index (χ0n) is 7.93. The third-order valence-electron chi connectivity index (χ3n) is 1.76. The minimum absolute atomic E-state index is 0.106. The van der Waals surface area contributed by atoms with Gasteiger partial charge in [-0.2, -0.15) is 10.2 Å². The summed E-state index contributed by atoms with van der Waals surface area (Å²) in [6.07, 6.45) is 1.34. The van der Waals surface area contributed by atoms with Crippen molar-refractivity contribution in [3.05, 3.63) is 18.0 Å². The largest absolute Gasteiger partial charge is 0.382 e. The van der Waals surface area contributed by atoms with E-state index in [1.165, 1.54) is 13.1 Å². The van der Waals surface area contributed by atoms with Gasteiger partial charge in [0.25, 0.3) is 0 Å². The second-order valence-corrected chi connectivity index (χ2v) is 2.93. The van der Waals surface area contributed by atoms with Crippen LogP contribution in [0.4, 0.5) is 5.82 Å². The number of hydrogen-bond acceptors (Lipinski definition) is 6. The van der Waals surface area contributed by atoms with E-state index in [4.69, 9.17) is 5.73 Å². The van der Waals surface area contributed by atoms with Gasteiger partial charge in [0.1, 0.15) is 17.2 Å². The van der Waals surface area contributed by atoms with Gasteiger partial charge < -0.3 is 5.73 Å². The summed E-state index contributed by atoms with van der Waals surface area (Å²) in [7, 11) is 0. The third kappa shape index (κ3) is 1.80. The number of anilines is 1. The van der Waals surface area contributed by atoms with Gasteiger partial charge in [0.05, 0.1) is 6.20 Å². The Morgan fingerprint density at radius 1 is 1.53 bits per heavy atom. The van der Waals surface area contributed by atoms with Crippen LogP contribution < -0.4 is 5.73 Å². The first-order chi connectivity index (χ1) is 7.16. The molecule has 0 bridgehead atoms. The van der Waals surface area contributed by atoms with Crippen LogP contribution in [0.1, 0.15) is 17.4 Å². The van der Waals surface area contributed by atoms with Crippen molar-refractivity contribution in [1.29, 1.82) is 0 Å². The Kier molecular flexibility index (Phi) is 2.13. The number of ketones is 1. The van der Waals surface area contributed by atoms with E-state index in [2.05, 4.69) is 25.4 Å². The topological polar surface area (TPSA) is 110 Å². The molecule has 0 spiro atoms. The van der Waals surface area contributed by atoms with E-state index in [1.54, 1.807) is 6.07 Å². The molecule has 0 aromatic carbocycles. The molecular weight excluding hydrogens is 196 g/mol. The normalized spacial score (nSPS) is 10.2. The van der Waals surface area contributed by atoms with Gasteiger partial charge in [-0.1, -0.05) is 0 Å². The number of aromatic amines is 1. The van der Waals surface area contributed by atoms with Crippen molar-refractivity contribution < 1.29 is 4.79 Å². The molecule has 0 saturated carbocycles. The first-order valence-electron chi connectivity index (χ1n) is 4.19. The molecule has 0 unspecified atom stereocenters. The van der Waals surface area contributed by atoms with Gasteiger partial charge in [0, 0.05) is 6.92 Å². The van der Waals surface area contributed by atoms with Crippen molar-refractivity contribution in [1.82, 2.24) is 25.4 Å². The van der Waals surface area contributed by atoms with Gasteiger partial charge in [0.2, 0.25) is 5.82 Å². The zero-order valence-corrected chi connectivity index (χ0v) is 7.93. The maximum absolute atomic E-state index is 11.0. The molecule has 0 aliphatic carbocycles. The predicted octanol–water partition coefficient (Wildman–Crippen LogP) is 0.0465. The molecule has 2 aromatic heterocycles. The fraction of sp³-hybridized carbons (Fsp3) is 0.125. The fourth-order valence-electron chi connectivity index (χ4n) is 1.04. The van der Waals surface area contributed by atoms with E-state index in [1.807, 2.05) is 0 Å². The number of carbonyl (C=O) groups excluding carboxylic acids is 1. The standard InChI is InChI=1S/C8H8N6O/c1-4(15)5-2-6(13-12-5)8-11-7(9)3-10-14-8/h2-3H,1H3,(H,12,13)(H2,9,11,14). The lowest BCUT2D eigenvalue weighted by Gasteiger charge is -1.93. The Balaban J connectivity index is 2.41. The van der Waals surface area contributed by atoms with Crippen molar-refractivity contribution >= 4 is 11.6 Å². The lowest BCUT2D eigenvalue weighted by Crippen LogP contribution is -1.97.